The van der Waals surface area contributed by atoms with Crippen molar-refractivity contribution in [1.82, 2.24) is 0 Å². The Bertz CT molecular complexity index is 963. The van der Waals surface area contributed by atoms with Crippen LogP contribution in [-0.2, 0) is 16.0 Å². The molecule has 2 aromatic carbocycles. The Labute approximate surface area is 190 Å². The van der Waals surface area contributed by atoms with Crippen LogP contribution in [0, 0.1) is 25.7 Å². The zero-order valence-corrected chi connectivity index (χ0v) is 19.7. The molecule has 0 fully saturated rings. The topological polar surface area (TPSA) is 81.9 Å². The van der Waals surface area contributed by atoms with E-state index in [1.807, 2.05) is 50.8 Å². The van der Waals surface area contributed by atoms with Gasteiger partial charge in [0.2, 0.25) is 5.91 Å². The molecule has 2 N–H and O–H groups in total. The molecule has 0 aromatic heterocycles. The third-order valence-corrected chi connectivity index (χ3v) is 5.71. The molecular formula is C26H34N2O4. The number of nitrogens with zero attached hydrogens (tertiary/aromatic N) is 1. The van der Waals surface area contributed by atoms with Crippen LogP contribution in [0.15, 0.2) is 36.4 Å². The molecule has 0 spiro atoms. The van der Waals surface area contributed by atoms with Crippen molar-refractivity contribution in [2.75, 3.05) is 18.1 Å². The van der Waals surface area contributed by atoms with Crippen molar-refractivity contribution in [2.24, 2.45) is 17.6 Å². The molecule has 1 amide bonds. The van der Waals surface area contributed by atoms with E-state index < -0.39 is 12.2 Å². The van der Waals surface area contributed by atoms with Crippen molar-refractivity contribution < 1.29 is 19.1 Å². The standard InChI is InChI=1S/C26H34N2O4/c1-16(2)15-31-26(30)32-21-11-18(4)25(19(5)12-21)22(27)13-24(29)28-14-17(3)10-20-8-6-7-9-23(20)28/h6-9,11-12,16-17,22H,10,13-15,27H2,1-5H3. The molecule has 0 saturated carbocycles. The molecule has 2 aromatic rings. The van der Waals surface area contributed by atoms with E-state index in [0.717, 1.165) is 28.8 Å². The van der Waals surface area contributed by atoms with Crippen LogP contribution in [0.2, 0.25) is 0 Å². The smallest absolute Gasteiger partial charge is 0.434 e. The van der Waals surface area contributed by atoms with Crippen LogP contribution in [0.4, 0.5) is 10.5 Å². The summed E-state index contributed by atoms with van der Waals surface area (Å²) in [6.45, 7) is 10.9. The second kappa shape index (κ2) is 10.2. The van der Waals surface area contributed by atoms with Crippen LogP contribution >= 0.6 is 0 Å². The van der Waals surface area contributed by atoms with Gasteiger partial charge in [-0.05, 0) is 72.6 Å². The van der Waals surface area contributed by atoms with E-state index in [1.54, 1.807) is 12.1 Å². The summed E-state index contributed by atoms with van der Waals surface area (Å²) in [7, 11) is 0. The minimum Gasteiger partial charge on any atom is -0.434 e. The summed E-state index contributed by atoms with van der Waals surface area (Å²) >= 11 is 0. The largest absolute Gasteiger partial charge is 0.513 e. The van der Waals surface area contributed by atoms with Crippen LogP contribution in [0.1, 0.15) is 55.5 Å². The van der Waals surface area contributed by atoms with Gasteiger partial charge in [0.15, 0.2) is 0 Å². The number of amides is 1. The first-order valence-electron chi connectivity index (χ1n) is 11.2. The highest BCUT2D eigenvalue weighted by molar-refractivity contribution is 5.95. The number of carbonyl (C=O) groups excluding carboxylic acids is 2. The molecule has 3 rings (SSSR count). The van der Waals surface area contributed by atoms with Gasteiger partial charge in [0.05, 0.1) is 6.61 Å². The van der Waals surface area contributed by atoms with Crippen LogP contribution in [0.5, 0.6) is 5.75 Å². The monoisotopic (exact) mass is 438 g/mol. The summed E-state index contributed by atoms with van der Waals surface area (Å²) in [5, 5.41) is 0. The number of fused-ring (bicyclic) bond motifs is 1. The second-order valence-corrected chi connectivity index (χ2v) is 9.28. The lowest BCUT2D eigenvalue weighted by atomic mass is 9.91. The van der Waals surface area contributed by atoms with E-state index in [4.69, 9.17) is 15.2 Å². The van der Waals surface area contributed by atoms with Crippen LogP contribution in [0.25, 0.3) is 0 Å². The van der Waals surface area contributed by atoms with Crippen molar-refractivity contribution >= 4 is 17.7 Å². The van der Waals surface area contributed by atoms with Gasteiger partial charge >= 0.3 is 6.16 Å². The fraction of sp³-hybridized carbons (Fsp3) is 0.462. The summed E-state index contributed by atoms with van der Waals surface area (Å²) in [6.07, 6.45) is 0.465. The minimum absolute atomic E-state index is 0.0212. The van der Waals surface area contributed by atoms with Crippen molar-refractivity contribution in [3.8, 4) is 5.75 Å². The van der Waals surface area contributed by atoms with Gasteiger partial charge in [-0.25, -0.2) is 4.79 Å². The molecule has 0 bridgehead atoms. The van der Waals surface area contributed by atoms with Crippen LogP contribution in [-0.4, -0.2) is 25.2 Å². The number of nitrogens with two attached hydrogens (primary N) is 1. The summed E-state index contributed by atoms with van der Waals surface area (Å²) in [5.74, 6) is 1.07. The van der Waals surface area contributed by atoms with Crippen molar-refractivity contribution in [2.45, 2.75) is 53.5 Å². The summed E-state index contributed by atoms with van der Waals surface area (Å²) in [5.41, 5.74) is 11.4. The highest BCUT2D eigenvalue weighted by Gasteiger charge is 2.28. The number of benzene rings is 2. The van der Waals surface area contributed by atoms with E-state index in [-0.39, 0.29) is 18.2 Å². The Morgan fingerprint density at radius 2 is 1.81 bits per heavy atom. The number of hydrogen-bond acceptors (Lipinski definition) is 5. The number of anilines is 1. The highest BCUT2D eigenvalue weighted by atomic mass is 16.7. The lowest BCUT2D eigenvalue weighted by molar-refractivity contribution is -0.119. The lowest BCUT2D eigenvalue weighted by Gasteiger charge is -2.34. The first-order valence-corrected chi connectivity index (χ1v) is 11.2. The van der Waals surface area contributed by atoms with E-state index in [0.29, 0.717) is 24.8 Å². The maximum Gasteiger partial charge on any atom is 0.513 e. The molecule has 1 aliphatic rings. The third kappa shape index (κ3) is 5.68. The van der Waals surface area contributed by atoms with E-state index in [2.05, 4.69) is 13.0 Å². The Balaban J connectivity index is 1.72. The molecule has 2 atom stereocenters. The van der Waals surface area contributed by atoms with Gasteiger partial charge in [-0.1, -0.05) is 39.0 Å². The van der Waals surface area contributed by atoms with Gasteiger partial charge in [-0.15, -0.1) is 0 Å². The Morgan fingerprint density at radius 3 is 2.47 bits per heavy atom. The summed E-state index contributed by atoms with van der Waals surface area (Å²) in [4.78, 5) is 27.0. The first-order chi connectivity index (χ1) is 15.2. The van der Waals surface area contributed by atoms with Gasteiger partial charge < -0.3 is 20.1 Å². The molecule has 1 aliphatic heterocycles. The zero-order chi connectivity index (χ0) is 23.4. The average molecular weight is 439 g/mol. The number of rotatable bonds is 6. The number of para-hydroxylation sites is 1. The number of ether oxygens (including phenoxy) is 2. The maximum absolute atomic E-state index is 13.2. The van der Waals surface area contributed by atoms with Crippen molar-refractivity contribution in [3.05, 3.63) is 58.7 Å². The minimum atomic E-state index is -0.720. The van der Waals surface area contributed by atoms with E-state index in [1.165, 1.54) is 5.56 Å². The zero-order valence-electron chi connectivity index (χ0n) is 19.7. The average Bonchev–Trinajstić information content (AvgIpc) is 2.71. The number of hydrogen-bond donors (Lipinski definition) is 1. The van der Waals surface area contributed by atoms with Crippen LogP contribution in [0.3, 0.4) is 0 Å². The second-order valence-electron chi connectivity index (χ2n) is 9.28. The van der Waals surface area contributed by atoms with E-state index >= 15 is 0 Å². The molecule has 0 saturated heterocycles. The molecule has 6 heteroatoms. The summed E-state index contributed by atoms with van der Waals surface area (Å²) in [6, 6.07) is 11.2. The third-order valence-electron chi connectivity index (χ3n) is 5.71. The predicted octanol–water partition coefficient (Wildman–Crippen LogP) is 5.09. The molecule has 32 heavy (non-hydrogen) atoms. The quantitative estimate of drug-likeness (QED) is 0.502. The Hall–Kier alpha value is -2.86. The number of carbonyl (C=O) groups is 2. The molecule has 2 unspecified atom stereocenters. The van der Waals surface area contributed by atoms with Gasteiger partial charge in [0, 0.05) is 24.7 Å². The SMILES string of the molecule is Cc1cc(OC(=O)OCC(C)C)cc(C)c1C(N)CC(=O)N1CC(C)Cc2ccccc21. The van der Waals surface area contributed by atoms with Gasteiger partial charge in [-0.3, -0.25) is 4.79 Å². The van der Waals surface area contributed by atoms with Crippen molar-refractivity contribution in [1.29, 1.82) is 0 Å². The van der Waals surface area contributed by atoms with Crippen molar-refractivity contribution in [3.63, 3.8) is 0 Å². The predicted molar refractivity (Wildman–Crippen MR) is 126 cm³/mol. The molecular weight excluding hydrogens is 404 g/mol. The number of aryl methyl sites for hydroxylation is 2. The molecule has 1 heterocycles. The van der Waals surface area contributed by atoms with Gasteiger partial charge in [0.1, 0.15) is 5.75 Å². The highest BCUT2D eigenvalue weighted by Crippen LogP contribution is 2.32. The summed E-state index contributed by atoms with van der Waals surface area (Å²) < 4.78 is 10.4. The first kappa shape index (κ1) is 23.8. The fourth-order valence-electron chi connectivity index (χ4n) is 4.37. The van der Waals surface area contributed by atoms with Gasteiger partial charge in [-0.2, -0.15) is 0 Å². The van der Waals surface area contributed by atoms with E-state index in [9.17, 15) is 9.59 Å². The van der Waals surface area contributed by atoms with Gasteiger partial charge in [0.25, 0.3) is 0 Å². The molecule has 0 radical (unpaired) electrons. The van der Waals surface area contributed by atoms with Crippen LogP contribution < -0.4 is 15.4 Å². The Kier molecular flexibility index (Phi) is 7.56. The molecule has 6 nitrogen and oxygen atoms in total. The normalized spacial score (nSPS) is 16.5. The fourth-order valence-corrected chi connectivity index (χ4v) is 4.37. The molecule has 0 aliphatic carbocycles. The Morgan fingerprint density at radius 1 is 1.16 bits per heavy atom. The lowest BCUT2D eigenvalue weighted by Crippen LogP contribution is -2.40. The molecule has 172 valence electrons. The maximum atomic E-state index is 13.2.